The third-order valence-corrected chi connectivity index (χ3v) is 6.07. The van der Waals surface area contributed by atoms with Crippen molar-refractivity contribution >= 4 is 23.0 Å². The molecule has 0 aromatic carbocycles. The van der Waals surface area contributed by atoms with Crippen LogP contribution in [0.15, 0.2) is 12.3 Å². The van der Waals surface area contributed by atoms with Gasteiger partial charge in [0.05, 0.1) is 24.0 Å². The zero-order chi connectivity index (χ0) is 21.3. The van der Waals surface area contributed by atoms with Crippen LogP contribution in [0.4, 0.5) is 17.3 Å². The number of anilines is 2. The van der Waals surface area contributed by atoms with Crippen LogP contribution in [0.5, 0.6) is 0 Å². The van der Waals surface area contributed by atoms with Crippen molar-refractivity contribution in [3.63, 3.8) is 0 Å². The van der Waals surface area contributed by atoms with E-state index in [1.54, 1.807) is 4.52 Å². The number of aliphatic hydroxyl groups excluding tert-OH is 1. The van der Waals surface area contributed by atoms with Crippen LogP contribution in [-0.4, -0.2) is 42.6 Å². The largest absolute Gasteiger partial charge is 0.396 e. The van der Waals surface area contributed by atoms with E-state index in [0.717, 1.165) is 42.6 Å². The zero-order valence-electron chi connectivity index (χ0n) is 17.5. The predicted octanol–water partition coefficient (Wildman–Crippen LogP) is 2.92. The van der Waals surface area contributed by atoms with Crippen molar-refractivity contribution < 1.29 is 5.11 Å². The minimum atomic E-state index is 0.213. The Hall–Kier alpha value is -3.12. The molecule has 1 fully saturated rings. The molecule has 0 aliphatic heterocycles. The van der Waals surface area contributed by atoms with Gasteiger partial charge in [0.25, 0.3) is 5.69 Å². The monoisotopic (exact) mass is 408 g/mol. The SMILES string of the molecule is [C-]#[N+]c1c(NCCc2ccn(C3CCCC3CO)n2)nc2c(CC)c(C)nn2c1N. The summed E-state index contributed by atoms with van der Waals surface area (Å²) in [4.78, 5) is 8.24. The second-order valence-corrected chi connectivity index (χ2v) is 7.86. The van der Waals surface area contributed by atoms with Crippen LogP contribution in [0.25, 0.3) is 10.5 Å². The first kappa shape index (κ1) is 20.2. The normalized spacial score (nSPS) is 18.7. The number of nitrogen functional groups attached to an aromatic ring is 1. The molecule has 1 aliphatic carbocycles. The van der Waals surface area contributed by atoms with Crippen molar-refractivity contribution in [2.75, 3.05) is 24.2 Å². The molecule has 0 spiro atoms. The summed E-state index contributed by atoms with van der Waals surface area (Å²) in [5.74, 6) is 1.09. The number of aromatic nitrogens is 5. The van der Waals surface area contributed by atoms with E-state index in [0.29, 0.717) is 36.2 Å². The number of nitrogens with zero attached hydrogens (tertiary/aromatic N) is 6. The maximum Gasteiger partial charge on any atom is 0.268 e. The van der Waals surface area contributed by atoms with Gasteiger partial charge in [-0.1, -0.05) is 13.3 Å². The van der Waals surface area contributed by atoms with Gasteiger partial charge in [0.15, 0.2) is 5.65 Å². The number of rotatable bonds is 7. The third-order valence-electron chi connectivity index (χ3n) is 6.07. The predicted molar refractivity (Wildman–Crippen MR) is 116 cm³/mol. The zero-order valence-corrected chi connectivity index (χ0v) is 17.5. The highest BCUT2D eigenvalue weighted by Gasteiger charge is 2.28. The number of hydrogen-bond acceptors (Lipinski definition) is 6. The van der Waals surface area contributed by atoms with Crippen LogP contribution >= 0.6 is 0 Å². The lowest BCUT2D eigenvalue weighted by molar-refractivity contribution is 0.190. The third kappa shape index (κ3) is 3.48. The van der Waals surface area contributed by atoms with E-state index >= 15 is 0 Å². The molecule has 1 saturated carbocycles. The Morgan fingerprint density at radius 3 is 2.93 bits per heavy atom. The summed E-state index contributed by atoms with van der Waals surface area (Å²) >= 11 is 0. The van der Waals surface area contributed by atoms with Crippen molar-refractivity contribution in [3.8, 4) is 0 Å². The van der Waals surface area contributed by atoms with Gasteiger partial charge in [-0.3, -0.25) is 4.68 Å². The van der Waals surface area contributed by atoms with Crippen molar-refractivity contribution in [1.29, 1.82) is 0 Å². The van der Waals surface area contributed by atoms with Gasteiger partial charge in [-0.25, -0.2) is 14.3 Å². The lowest BCUT2D eigenvalue weighted by Crippen LogP contribution is -2.18. The summed E-state index contributed by atoms with van der Waals surface area (Å²) in [7, 11) is 0. The molecule has 1 aliphatic rings. The average molecular weight is 409 g/mol. The molecule has 4 rings (SSSR count). The van der Waals surface area contributed by atoms with Crippen LogP contribution in [0.2, 0.25) is 0 Å². The Kier molecular flexibility index (Phi) is 5.59. The van der Waals surface area contributed by atoms with Crippen molar-refractivity contribution in [3.05, 3.63) is 40.6 Å². The number of fused-ring (bicyclic) bond motifs is 1. The van der Waals surface area contributed by atoms with Gasteiger partial charge < -0.3 is 16.2 Å². The lowest BCUT2D eigenvalue weighted by atomic mass is 10.1. The molecule has 9 heteroatoms. The molecule has 0 amide bonds. The van der Waals surface area contributed by atoms with E-state index < -0.39 is 0 Å². The first-order valence-corrected chi connectivity index (χ1v) is 10.5. The molecule has 4 N–H and O–H groups in total. The van der Waals surface area contributed by atoms with Crippen molar-refractivity contribution in [2.24, 2.45) is 5.92 Å². The molecule has 3 aromatic rings. The highest BCUT2D eigenvalue weighted by molar-refractivity contribution is 5.80. The molecule has 0 bridgehead atoms. The topological polar surface area (TPSA) is 111 Å². The fraction of sp³-hybridized carbons (Fsp3) is 0.524. The molecule has 0 saturated heterocycles. The highest BCUT2D eigenvalue weighted by Crippen LogP contribution is 2.35. The number of aliphatic hydroxyl groups is 1. The van der Waals surface area contributed by atoms with Crippen LogP contribution < -0.4 is 11.1 Å². The van der Waals surface area contributed by atoms with Gasteiger partial charge in [-0.05, 0) is 32.3 Å². The summed E-state index contributed by atoms with van der Waals surface area (Å²) in [6.07, 6.45) is 6.75. The Labute approximate surface area is 175 Å². The molecule has 158 valence electrons. The fourth-order valence-corrected chi connectivity index (χ4v) is 4.44. The Bertz CT molecular complexity index is 1090. The van der Waals surface area contributed by atoms with Gasteiger partial charge in [-0.2, -0.15) is 10.2 Å². The standard InChI is InChI=1S/C21H28N8O/c1-4-16-13(2)26-29-19(22)18(23-3)20(25-21(16)29)24-10-8-15-9-11-28(27-15)17-7-5-6-14(17)12-30/h9,11,14,17,30H,4-8,10,12,22H2,1-2H3,(H,24,25). The molecule has 2 atom stereocenters. The second-order valence-electron chi connectivity index (χ2n) is 7.86. The van der Waals surface area contributed by atoms with Crippen LogP contribution in [0, 0.1) is 19.4 Å². The van der Waals surface area contributed by atoms with E-state index in [1.807, 2.05) is 23.9 Å². The molecule has 9 nitrogen and oxygen atoms in total. The first-order chi connectivity index (χ1) is 14.6. The Balaban J connectivity index is 1.50. The molecular weight excluding hydrogens is 380 g/mol. The molecular formula is C21H28N8O. The minimum Gasteiger partial charge on any atom is -0.396 e. The number of nitrogens with two attached hydrogens (primary N) is 1. The van der Waals surface area contributed by atoms with Crippen molar-refractivity contribution in [1.82, 2.24) is 24.4 Å². The molecule has 2 unspecified atom stereocenters. The maximum atomic E-state index is 9.56. The quantitative estimate of drug-likeness (QED) is 0.519. The highest BCUT2D eigenvalue weighted by atomic mass is 16.3. The first-order valence-electron chi connectivity index (χ1n) is 10.5. The molecule has 3 heterocycles. The lowest BCUT2D eigenvalue weighted by Gasteiger charge is -2.17. The fourth-order valence-electron chi connectivity index (χ4n) is 4.44. The van der Waals surface area contributed by atoms with Crippen LogP contribution in [0.1, 0.15) is 49.2 Å². The smallest absolute Gasteiger partial charge is 0.268 e. The summed E-state index contributed by atoms with van der Waals surface area (Å²) in [6, 6.07) is 2.30. The van der Waals surface area contributed by atoms with E-state index in [1.165, 1.54) is 0 Å². The van der Waals surface area contributed by atoms with Crippen LogP contribution in [0.3, 0.4) is 0 Å². The minimum absolute atomic E-state index is 0.213. The van der Waals surface area contributed by atoms with Crippen LogP contribution in [-0.2, 0) is 12.8 Å². The van der Waals surface area contributed by atoms with Gasteiger partial charge in [-0.15, -0.1) is 0 Å². The van der Waals surface area contributed by atoms with E-state index in [-0.39, 0.29) is 18.3 Å². The summed E-state index contributed by atoms with van der Waals surface area (Å²) in [6.45, 7) is 12.3. The summed E-state index contributed by atoms with van der Waals surface area (Å²) < 4.78 is 3.56. The molecule has 30 heavy (non-hydrogen) atoms. The van der Waals surface area contributed by atoms with Crippen molar-refractivity contribution in [2.45, 2.75) is 52.0 Å². The van der Waals surface area contributed by atoms with Gasteiger partial charge in [0.2, 0.25) is 0 Å². The molecule has 3 aromatic heterocycles. The summed E-state index contributed by atoms with van der Waals surface area (Å²) in [5, 5.41) is 22.0. The molecule has 0 radical (unpaired) electrons. The Morgan fingerprint density at radius 1 is 1.37 bits per heavy atom. The van der Waals surface area contributed by atoms with E-state index in [9.17, 15) is 5.11 Å². The van der Waals surface area contributed by atoms with Gasteiger partial charge in [0, 0.05) is 37.3 Å². The maximum absolute atomic E-state index is 9.56. The average Bonchev–Trinajstić information content (AvgIpc) is 3.46. The number of nitrogens with one attached hydrogen (secondary N) is 1. The Morgan fingerprint density at radius 2 is 2.20 bits per heavy atom. The summed E-state index contributed by atoms with van der Waals surface area (Å²) in [5.41, 5.74) is 10.1. The number of aryl methyl sites for hydroxylation is 2. The second kappa shape index (κ2) is 8.32. The number of hydrogen-bond donors (Lipinski definition) is 3. The van der Waals surface area contributed by atoms with Gasteiger partial charge in [0.1, 0.15) is 11.6 Å². The van der Waals surface area contributed by atoms with E-state index in [4.69, 9.17) is 17.4 Å². The van der Waals surface area contributed by atoms with Gasteiger partial charge >= 0.3 is 0 Å². The van der Waals surface area contributed by atoms with E-state index in [2.05, 4.69) is 27.2 Å².